The zero-order chi connectivity index (χ0) is 27.3. The van der Waals surface area contributed by atoms with E-state index in [2.05, 4.69) is 5.32 Å². The van der Waals surface area contributed by atoms with E-state index in [0.29, 0.717) is 25.0 Å². The van der Waals surface area contributed by atoms with Crippen molar-refractivity contribution in [2.24, 2.45) is 23.7 Å². The molecule has 6 atom stereocenters. The average molecular weight is 560 g/mol. The Morgan fingerprint density at radius 2 is 1.68 bits per heavy atom. The third kappa shape index (κ3) is 5.13. The minimum atomic E-state index is -4.02. The number of benzene rings is 2. The lowest BCUT2D eigenvalue weighted by atomic mass is 9.68. The fourth-order valence-electron chi connectivity index (χ4n) is 5.98. The van der Waals surface area contributed by atoms with Crippen molar-refractivity contribution >= 4 is 33.0 Å². The third-order valence-corrected chi connectivity index (χ3v) is 11.0. The summed E-state index contributed by atoms with van der Waals surface area (Å²) in [6, 6.07) is 4.90. The van der Waals surface area contributed by atoms with Crippen molar-refractivity contribution in [1.82, 2.24) is 0 Å². The Balaban J connectivity index is 1.60. The van der Waals surface area contributed by atoms with Gasteiger partial charge in [0.05, 0.1) is 20.8 Å². The zero-order valence-electron chi connectivity index (χ0n) is 20.3. The van der Waals surface area contributed by atoms with Crippen molar-refractivity contribution in [3.8, 4) is 0 Å². The summed E-state index contributed by atoms with van der Waals surface area (Å²) in [5, 5.41) is 22.3. The van der Waals surface area contributed by atoms with Crippen LogP contribution >= 0.6 is 11.6 Å². The second kappa shape index (κ2) is 10.2. The van der Waals surface area contributed by atoms with Crippen LogP contribution in [0, 0.1) is 41.1 Å². The van der Waals surface area contributed by atoms with Crippen molar-refractivity contribution < 1.29 is 36.6 Å². The van der Waals surface area contributed by atoms with Gasteiger partial charge in [-0.05, 0) is 67.6 Å². The Bertz CT molecular complexity index is 1280. The van der Waals surface area contributed by atoms with Gasteiger partial charge in [0.2, 0.25) is 0 Å². The van der Waals surface area contributed by atoms with Crippen LogP contribution in [0.3, 0.4) is 0 Å². The van der Waals surface area contributed by atoms with Gasteiger partial charge < -0.3 is 15.5 Å². The Hall–Kier alpha value is -2.14. The van der Waals surface area contributed by atoms with Crippen LogP contribution in [0.5, 0.6) is 0 Å². The Morgan fingerprint density at radius 1 is 1.11 bits per heavy atom. The molecule has 0 aromatic heterocycles. The highest BCUT2D eigenvalue weighted by Gasteiger charge is 2.56. The molecule has 2 fully saturated rings. The number of aliphatic hydroxyl groups is 2. The number of carbonyl (C=O) groups is 1. The predicted molar refractivity (Wildman–Crippen MR) is 133 cm³/mol. The van der Waals surface area contributed by atoms with Crippen LogP contribution in [0.25, 0.3) is 0 Å². The quantitative estimate of drug-likeness (QED) is 0.416. The van der Waals surface area contributed by atoms with E-state index in [-0.39, 0.29) is 64.3 Å². The lowest BCUT2D eigenvalue weighted by Gasteiger charge is -2.45. The summed E-state index contributed by atoms with van der Waals surface area (Å²) < 4.78 is 67.9. The maximum absolute atomic E-state index is 13.8. The second-order valence-electron chi connectivity index (χ2n) is 10.4. The van der Waals surface area contributed by atoms with Crippen LogP contribution in [-0.4, -0.2) is 42.0 Å². The van der Waals surface area contributed by atoms with Gasteiger partial charge in [-0.15, -0.1) is 0 Å². The van der Waals surface area contributed by atoms with Crippen LogP contribution in [-0.2, 0) is 9.84 Å². The van der Waals surface area contributed by atoms with Gasteiger partial charge in [-0.25, -0.2) is 21.6 Å². The first kappa shape index (κ1) is 27.9. The number of fused-ring (bicyclic) bond motifs is 2. The molecule has 202 valence electrons. The Morgan fingerprint density at radius 3 is 2.22 bits per heavy atom. The second-order valence-corrected chi connectivity index (χ2v) is 12.9. The SMILES string of the molecule is CC(CO)C(C)[C@]1(O)CC2CC[C@@H](C1)C2S(=O)(=O)c1cc(C(=O)Nc2cc(F)c(F)c(F)c2)ccc1Cl. The normalized spacial score (nSPS) is 27.1. The van der Waals surface area contributed by atoms with Crippen molar-refractivity contribution in [1.29, 1.82) is 0 Å². The molecule has 1 amide bonds. The maximum Gasteiger partial charge on any atom is 0.255 e. The first-order valence-electron chi connectivity index (χ1n) is 12.1. The van der Waals surface area contributed by atoms with Crippen LogP contribution in [0.1, 0.15) is 49.9 Å². The minimum Gasteiger partial charge on any atom is -0.396 e. The monoisotopic (exact) mass is 559 g/mol. The van der Waals surface area contributed by atoms with Gasteiger partial charge in [-0.1, -0.05) is 25.4 Å². The summed E-state index contributed by atoms with van der Waals surface area (Å²) in [7, 11) is -4.02. The van der Waals surface area contributed by atoms with E-state index >= 15 is 0 Å². The van der Waals surface area contributed by atoms with Crippen LogP contribution in [0.4, 0.5) is 18.9 Å². The molecule has 2 bridgehead atoms. The summed E-state index contributed by atoms with van der Waals surface area (Å²) in [4.78, 5) is 12.5. The molecule has 3 N–H and O–H groups in total. The summed E-state index contributed by atoms with van der Waals surface area (Å²) in [6.07, 6.45) is 1.80. The lowest BCUT2D eigenvalue weighted by molar-refractivity contribution is -0.0839. The number of anilines is 1. The van der Waals surface area contributed by atoms with E-state index < -0.39 is 44.0 Å². The molecular formula is C26H29ClF3NO5S. The molecule has 0 aliphatic heterocycles. The van der Waals surface area contributed by atoms with Crippen LogP contribution in [0.15, 0.2) is 35.2 Å². The zero-order valence-corrected chi connectivity index (χ0v) is 21.9. The van der Waals surface area contributed by atoms with Gasteiger partial charge in [0.25, 0.3) is 5.91 Å². The van der Waals surface area contributed by atoms with Crippen molar-refractivity contribution in [3.05, 3.63) is 58.4 Å². The van der Waals surface area contributed by atoms with Crippen LogP contribution < -0.4 is 5.32 Å². The van der Waals surface area contributed by atoms with Gasteiger partial charge in [0, 0.05) is 30.0 Å². The molecule has 0 heterocycles. The molecule has 2 aliphatic carbocycles. The number of rotatable bonds is 7. The fourth-order valence-corrected chi connectivity index (χ4v) is 8.82. The number of nitrogens with one attached hydrogen (secondary N) is 1. The molecular weight excluding hydrogens is 531 g/mol. The topological polar surface area (TPSA) is 104 Å². The molecule has 4 rings (SSSR count). The van der Waals surface area contributed by atoms with Crippen LogP contribution in [0.2, 0.25) is 5.02 Å². The summed E-state index contributed by atoms with van der Waals surface area (Å²) >= 11 is 6.28. The van der Waals surface area contributed by atoms with E-state index in [0.717, 1.165) is 6.07 Å². The summed E-state index contributed by atoms with van der Waals surface area (Å²) in [5.74, 6) is -6.50. The average Bonchev–Trinajstić information content (AvgIpc) is 3.14. The number of hydrogen-bond donors (Lipinski definition) is 3. The highest BCUT2D eigenvalue weighted by atomic mass is 35.5. The van der Waals surface area contributed by atoms with E-state index in [1.165, 1.54) is 12.1 Å². The van der Waals surface area contributed by atoms with E-state index in [9.17, 15) is 36.6 Å². The third-order valence-electron chi connectivity index (χ3n) is 8.16. The number of carbonyl (C=O) groups excluding carboxylic acids is 1. The first-order valence-corrected chi connectivity index (χ1v) is 14.0. The molecule has 2 aromatic carbocycles. The fraction of sp³-hybridized carbons (Fsp3) is 0.500. The van der Waals surface area contributed by atoms with Gasteiger partial charge in [0.1, 0.15) is 0 Å². The highest BCUT2D eigenvalue weighted by molar-refractivity contribution is 7.92. The molecule has 11 heteroatoms. The lowest BCUT2D eigenvalue weighted by Crippen LogP contribution is -2.51. The molecule has 0 radical (unpaired) electrons. The van der Waals surface area contributed by atoms with Gasteiger partial charge in [-0.3, -0.25) is 4.79 Å². The molecule has 37 heavy (non-hydrogen) atoms. The smallest absolute Gasteiger partial charge is 0.255 e. The largest absolute Gasteiger partial charge is 0.396 e. The number of amides is 1. The van der Waals surface area contributed by atoms with E-state index in [1.54, 1.807) is 0 Å². The predicted octanol–water partition coefficient (Wildman–Crippen LogP) is 4.97. The van der Waals surface area contributed by atoms with Gasteiger partial charge in [0.15, 0.2) is 27.3 Å². The Labute approximate surface area is 218 Å². The summed E-state index contributed by atoms with van der Waals surface area (Å²) in [6.45, 7) is 3.63. The standard InChI is InChI=1S/C26H29ClF3NO5S/c1-13(12-32)14(2)26(34)10-16-3-4-17(11-26)24(16)37(35,36)22-7-15(5-6-19(22)27)25(33)31-18-8-20(28)23(30)21(29)9-18/h5-9,13-14,16-17,24,32,34H,3-4,10-12H2,1-2H3,(H,31,33)/t13?,14?,16-,17?,24?,26+/m0/s1. The molecule has 2 aromatic rings. The van der Waals surface area contributed by atoms with E-state index in [4.69, 9.17) is 11.6 Å². The minimum absolute atomic E-state index is 0.0714. The number of sulfone groups is 1. The van der Waals surface area contributed by atoms with Crippen molar-refractivity contribution in [2.75, 3.05) is 11.9 Å². The maximum atomic E-state index is 13.8. The van der Waals surface area contributed by atoms with Crippen molar-refractivity contribution in [2.45, 2.75) is 55.3 Å². The number of aliphatic hydroxyl groups excluding tert-OH is 1. The highest BCUT2D eigenvalue weighted by Crippen LogP contribution is 2.54. The number of hydrogen-bond acceptors (Lipinski definition) is 5. The van der Waals surface area contributed by atoms with E-state index in [1.807, 2.05) is 13.8 Å². The molecule has 4 unspecified atom stereocenters. The molecule has 6 nitrogen and oxygen atoms in total. The molecule has 0 spiro atoms. The van der Waals surface area contributed by atoms with Gasteiger partial charge in [-0.2, -0.15) is 0 Å². The molecule has 0 saturated heterocycles. The molecule has 2 aliphatic rings. The van der Waals surface area contributed by atoms with Gasteiger partial charge >= 0.3 is 0 Å². The molecule has 2 saturated carbocycles. The number of halogens is 4. The first-order chi connectivity index (χ1) is 17.3. The summed E-state index contributed by atoms with van der Waals surface area (Å²) in [5.41, 5.74) is -1.54. The van der Waals surface area contributed by atoms with Crippen molar-refractivity contribution in [3.63, 3.8) is 0 Å². The Kier molecular flexibility index (Phi) is 7.69.